The zero-order chi connectivity index (χ0) is 20.1. The summed E-state index contributed by atoms with van der Waals surface area (Å²) in [7, 11) is 1.31. The molecule has 0 atom stereocenters. The lowest BCUT2D eigenvalue weighted by atomic mass is 10.1. The Hall–Kier alpha value is -3.74. The fraction of sp³-hybridized carbons (Fsp3) is 0.143. The molecule has 0 unspecified atom stereocenters. The zero-order valence-corrected chi connectivity index (χ0v) is 15.4. The van der Waals surface area contributed by atoms with Crippen LogP contribution in [-0.2, 0) is 20.9 Å². The van der Waals surface area contributed by atoms with E-state index in [1.807, 2.05) is 13.0 Å². The van der Waals surface area contributed by atoms with Crippen LogP contribution >= 0.6 is 0 Å². The molecule has 0 radical (unpaired) electrons. The maximum absolute atomic E-state index is 12.2. The Labute approximate surface area is 160 Å². The van der Waals surface area contributed by atoms with Gasteiger partial charge in [-0.25, -0.2) is 14.6 Å². The van der Waals surface area contributed by atoms with Gasteiger partial charge in [0.1, 0.15) is 12.3 Å². The molecule has 28 heavy (non-hydrogen) atoms. The standard InChI is InChI=1S/C21H18N2O5/c1-14-4-3-5-18-22-17(12-19(24)23(14)18)13-28-20(25)11-8-15-6-9-16(10-7-15)21(26)27-2/h3-12H,13H2,1-2H3/b11-8+. The van der Waals surface area contributed by atoms with Crippen molar-refractivity contribution in [2.24, 2.45) is 0 Å². The van der Waals surface area contributed by atoms with E-state index in [9.17, 15) is 14.4 Å². The Balaban J connectivity index is 1.64. The topological polar surface area (TPSA) is 87.0 Å². The molecule has 0 fully saturated rings. The summed E-state index contributed by atoms with van der Waals surface area (Å²) in [5, 5.41) is 0. The van der Waals surface area contributed by atoms with Crippen LogP contribution in [0, 0.1) is 6.92 Å². The zero-order valence-electron chi connectivity index (χ0n) is 15.4. The summed E-state index contributed by atoms with van der Waals surface area (Å²) in [4.78, 5) is 39.9. The largest absolute Gasteiger partial charge is 0.465 e. The lowest BCUT2D eigenvalue weighted by molar-refractivity contribution is -0.139. The monoisotopic (exact) mass is 378 g/mol. The first-order chi connectivity index (χ1) is 13.5. The molecule has 3 rings (SSSR count). The van der Waals surface area contributed by atoms with E-state index in [0.717, 1.165) is 11.3 Å². The van der Waals surface area contributed by atoms with Gasteiger partial charge in [0.2, 0.25) is 0 Å². The third-order valence-electron chi connectivity index (χ3n) is 4.04. The van der Waals surface area contributed by atoms with Gasteiger partial charge in [0.15, 0.2) is 0 Å². The lowest BCUT2D eigenvalue weighted by Crippen LogP contribution is -2.18. The Bertz CT molecular complexity index is 1110. The van der Waals surface area contributed by atoms with E-state index in [0.29, 0.717) is 16.9 Å². The molecule has 7 nitrogen and oxygen atoms in total. The highest BCUT2D eigenvalue weighted by atomic mass is 16.5. The summed E-state index contributed by atoms with van der Waals surface area (Å²) >= 11 is 0. The second-order valence-electron chi connectivity index (χ2n) is 6.00. The van der Waals surface area contributed by atoms with Crippen LogP contribution in [-0.4, -0.2) is 28.4 Å². The summed E-state index contributed by atoms with van der Waals surface area (Å²) in [5.41, 5.74) is 2.57. The van der Waals surface area contributed by atoms with Crippen LogP contribution < -0.4 is 5.56 Å². The molecule has 1 aromatic carbocycles. The van der Waals surface area contributed by atoms with Gasteiger partial charge in [0.25, 0.3) is 5.56 Å². The van der Waals surface area contributed by atoms with Crippen molar-refractivity contribution in [1.29, 1.82) is 0 Å². The van der Waals surface area contributed by atoms with Crippen LogP contribution in [0.3, 0.4) is 0 Å². The number of benzene rings is 1. The maximum atomic E-state index is 12.2. The number of nitrogens with zero attached hydrogens (tertiary/aromatic N) is 2. The van der Waals surface area contributed by atoms with Crippen LogP contribution in [0.4, 0.5) is 0 Å². The minimum Gasteiger partial charge on any atom is -0.465 e. The lowest BCUT2D eigenvalue weighted by Gasteiger charge is -2.06. The molecular weight excluding hydrogens is 360 g/mol. The molecule has 0 bridgehead atoms. The summed E-state index contributed by atoms with van der Waals surface area (Å²) < 4.78 is 11.3. The Morgan fingerprint density at radius 2 is 1.89 bits per heavy atom. The quantitative estimate of drug-likeness (QED) is 0.501. The molecule has 0 saturated heterocycles. The first kappa shape index (κ1) is 19.0. The number of aryl methyl sites for hydroxylation is 1. The molecule has 2 heterocycles. The first-order valence-corrected chi connectivity index (χ1v) is 8.49. The number of rotatable bonds is 5. The molecule has 3 aromatic rings. The van der Waals surface area contributed by atoms with E-state index < -0.39 is 11.9 Å². The number of fused-ring (bicyclic) bond motifs is 1. The molecule has 0 aliphatic carbocycles. The first-order valence-electron chi connectivity index (χ1n) is 8.49. The van der Waals surface area contributed by atoms with E-state index in [1.54, 1.807) is 42.5 Å². The van der Waals surface area contributed by atoms with Gasteiger partial charge in [-0.05, 0) is 42.8 Å². The van der Waals surface area contributed by atoms with Crippen molar-refractivity contribution in [1.82, 2.24) is 9.38 Å². The molecular formula is C21H18N2O5. The highest BCUT2D eigenvalue weighted by molar-refractivity contribution is 5.90. The van der Waals surface area contributed by atoms with E-state index in [4.69, 9.17) is 4.74 Å². The smallest absolute Gasteiger partial charge is 0.337 e. The van der Waals surface area contributed by atoms with Crippen LogP contribution in [0.15, 0.2) is 59.4 Å². The van der Waals surface area contributed by atoms with Crippen molar-refractivity contribution in [2.45, 2.75) is 13.5 Å². The van der Waals surface area contributed by atoms with Crippen molar-refractivity contribution < 1.29 is 19.1 Å². The molecule has 0 N–H and O–H groups in total. The van der Waals surface area contributed by atoms with Gasteiger partial charge in [-0.1, -0.05) is 18.2 Å². The van der Waals surface area contributed by atoms with Crippen LogP contribution in [0.25, 0.3) is 11.7 Å². The molecule has 0 saturated carbocycles. The number of methoxy groups -OCH3 is 1. The van der Waals surface area contributed by atoms with Crippen molar-refractivity contribution in [2.75, 3.05) is 7.11 Å². The summed E-state index contributed by atoms with van der Waals surface area (Å²) in [6, 6.07) is 13.3. The van der Waals surface area contributed by atoms with E-state index in [2.05, 4.69) is 9.72 Å². The van der Waals surface area contributed by atoms with Gasteiger partial charge in [-0.2, -0.15) is 0 Å². The number of hydrogen-bond acceptors (Lipinski definition) is 6. The van der Waals surface area contributed by atoms with E-state index in [1.165, 1.54) is 23.7 Å². The number of pyridine rings is 1. The van der Waals surface area contributed by atoms with Gasteiger partial charge in [-0.3, -0.25) is 9.20 Å². The van der Waals surface area contributed by atoms with Gasteiger partial charge in [0.05, 0.1) is 18.4 Å². The van der Waals surface area contributed by atoms with Gasteiger partial charge in [0, 0.05) is 17.8 Å². The normalized spacial score (nSPS) is 10.9. The molecule has 7 heteroatoms. The van der Waals surface area contributed by atoms with Gasteiger partial charge >= 0.3 is 11.9 Å². The predicted molar refractivity (Wildman–Crippen MR) is 103 cm³/mol. The predicted octanol–water partition coefficient (Wildman–Crippen LogP) is 2.55. The highest BCUT2D eigenvalue weighted by Crippen LogP contribution is 2.08. The average molecular weight is 378 g/mol. The minimum atomic E-state index is -0.566. The SMILES string of the molecule is COC(=O)c1ccc(/C=C/C(=O)OCc2cc(=O)n3c(C)cccc3n2)cc1. The fourth-order valence-corrected chi connectivity index (χ4v) is 2.64. The number of carbonyl (C=O) groups excluding carboxylic acids is 2. The second-order valence-corrected chi connectivity index (χ2v) is 6.00. The Morgan fingerprint density at radius 3 is 2.61 bits per heavy atom. The molecule has 0 spiro atoms. The number of hydrogen-bond donors (Lipinski definition) is 0. The fourth-order valence-electron chi connectivity index (χ4n) is 2.64. The van der Waals surface area contributed by atoms with E-state index in [-0.39, 0.29) is 12.2 Å². The number of aromatic nitrogens is 2. The maximum Gasteiger partial charge on any atom is 0.337 e. The second kappa shape index (κ2) is 8.30. The van der Waals surface area contributed by atoms with Crippen molar-refractivity contribution in [3.63, 3.8) is 0 Å². The van der Waals surface area contributed by atoms with Crippen molar-refractivity contribution in [3.8, 4) is 0 Å². The van der Waals surface area contributed by atoms with Gasteiger partial charge in [-0.15, -0.1) is 0 Å². The molecule has 2 aromatic heterocycles. The van der Waals surface area contributed by atoms with Gasteiger partial charge < -0.3 is 9.47 Å². The number of esters is 2. The minimum absolute atomic E-state index is 0.107. The number of carbonyl (C=O) groups is 2. The Morgan fingerprint density at radius 1 is 1.14 bits per heavy atom. The molecule has 142 valence electrons. The molecule has 0 aliphatic rings. The van der Waals surface area contributed by atoms with E-state index >= 15 is 0 Å². The molecule has 0 amide bonds. The van der Waals surface area contributed by atoms with Crippen molar-refractivity contribution in [3.05, 3.63) is 87.5 Å². The summed E-state index contributed by atoms with van der Waals surface area (Å²) in [5.74, 6) is -0.993. The third kappa shape index (κ3) is 4.32. The average Bonchev–Trinajstić information content (AvgIpc) is 2.70. The third-order valence-corrected chi connectivity index (χ3v) is 4.04. The van der Waals surface area contributed by atoms with Crippen LogP contribution in [0.5, 0.6) is 0 Å². The highest BCUT2D eigenvalue weighted by Gasteiger charge is 2.07. The van der Waals surface area contributed by atoms with Crippen LogP contribution in [0.2, 0.25) is 0 Å². The summed E-state index contributed by atoms with van der Waals surface area (Å²) in [6.45, 7) is 1.71. The van der Waals surface area contributed by atoms with Crippen LogP contribution in [0.1, 0.15) is 27.3 Å². The summed E-state index contributed by atoms with van der Waals surface area (Å²) in [6.07, 6.45) is 2.83. The molecule has 0 aliphatic heterocycles. The number of ether oxygens (including phenoxy) is 2. The Kier molecular flexibility index (Phi) is 5.64. The van der Waals surface area contributed by atoms with Crippen molar-refractivity contribution >= 4 is 23.7 Å².